The lowest BCUT2D eigenvalue weighted by molar-refractivity contribution is -0.122. The van der Waals surface area contributed by atoms with Gasteiger partial charge in [0.05, 0.1) is 6.61 Å². The summed E-state index contributed by atoms with van der Waals surface area (Å²) in [5, 5.41) is 14.6. The van der Waals surface area contributed by atoms with E-state index >= 15 is 0 Å². The first-order valence-corrected chi connectivity index (χ1v) is 8.89. The summed E-state index contributed by atoms with van der Waals surface area (Å²) in [6.07, 6.45) is 2.07. The van der Waals surface area contributed by atoms with Gasteiger partial charge in [0.2, 0.25) is 5.91 Å². The van der Waals surface area contributed by atoms with Gasteiger partial charge in [0.15, 0.2) is 0 Å². The Hall–Kier alpha value is -2.08. The number of urea groups is 1. The van der Waals surface area contributed by atoms with Gasteiger partial charge in [-0.2, -0.15) is 0 Å². The number of benzene rings is 1. The maximum Gasteiger partial charge on any atom is 0.318 e. The van der Waals surface area contributed by atoms with Crippen LogP contribution in [0.3, 0.4) is 0 Å². The standard InChI is InChI=1S/C19H31N3O3/c1-15(2)11-12-22(13-14-23)19(25)21-17(18(24)20-3)10-9-16-7-5-4-6-8-16/h4-8,15,17,23H,9-14H2,1-3H3,(H,20,24)(H,21,25). The molecule has 6 heteroatoms. The fraction of sp³-hybridized carbons (Fsp3) is 0.579. The number of likely N-dealkylation sites (N-methyl/N-ethyl adjacent to an activating group) is 1. The maximum atomic E-state index is 12.5. The van der Waals surface area contributed by atoms with Crippen molar-refractivity contribution in [1.82, 2.24) is 15.5 Å². The van der Waals surface area contributed by atoms with Crippen molar-refractivity contribution in [2.24, 2.45) is 5.92 Å². The number of carbonyl (C=O) groups excluding carboxylic acids is 2. The molecule has 0 saturated heterocycles. The van der Waals surface area contributed by atoms with Gasteiger partial charge in [0.25, 0.3) is 0 Å². The molecule has 25 heavy (non-hydrogen) atoms. The Balaban J connectivity index is 2.67. The van der Waals surface area contributed by atoms with E-state index in [2.05, 4.69) is 24.5 Å². The summed E-state index contributed by atoms with van der Waals surface area (Å²) in [7, 11) is 1.56. The first kappa shape index (κ1) is 21.0. The van der Waals surface area contributed by atoms with Crippen LogP contribution in [0.5, 0.6) is 0 Å². The van der Waals surface area contributed by atoms with Gasteiger partial charge in [0, 0.05) is 20.1 Å². The van der Waals surface area contributed by atoms with Gasteiger partial charge in [-0.1, -0.05) is 44.2 Å². The van der Waals surface area contributed by atoms with Gasteiger partial charge in [-0.25, -0.2) is 4.79 Å². The van der Waals surface area contributed by atoms with Crippen molar-refractivity contribution in [2.75, 3.05) is 26.7 Å². The molecule has 0 bridgehead atoms. The van der Waals surface area contributed by atoms with Crippen LogP contribution in [0.15, 0.2) is 30.3 Å². The Morgan fingerprint density at radius 2 is 1.80 bits per heavy atom. The van der Waals surface area contributed by atoms with Crippen molar-refractivity contribution in [3.8, 4) is 0 Å². The highest BCUT2D eigenvalue weighted by molar-refractivity contribution is 5.86. The van der Waals surface area contributed by atoms with Crippen molar-refractivity contribution in [3.63, 3.8) is 0 Å². The first-order chi connectivity index (χ1) is 12.0. The first-order valence-electron chi connectivity index (χ1n) is 8.89. The number of aliphatic hydroxyl groups excluding tert-OH is 1. The van der Waals surface area contributed by atoms with E-state index in [-0.39, 0.29) is 25.1 Å². The number of carbonyl (C=O) groups is 2. The van der Waals surface area contributed by atoms with Crippen LogP contribution >= 0.6 is 0 Å². The molecule has 1 atom stereocenters. The minimum absolute atomic E-state index is 0.0971. The molecular weight excluding hydrogens is 318 g/mol. The van der Waals surface area contributed by atoms with Crippen LogP contribution < -0.4 is 10.6 Å². The molecule has 3 N–H and O–H groups in total. The molecule has 0 aliphatic rings. The predicted molar refractivity (Wildman–Crippen MR) is 99.3 cm³/mol. The fourth-order valence-corrected chi connectivity index (χ4v) is 2.49. The summed E-state index contributed by atoms with van der Waals surface area (Å²) >= 11 is 0. The second kappa shape index (κ2) is 11.5. The number of rotatable bonds is 10. The molecule has 0 saturated carbocycles. The van der Waals surface area contributed by atoms with E-state index in [1.165, 1.54) is 0 Å². The Labute approximate surface area is 150 Å². The van der Waals surface area contributed by atoms with E-state index in [4.69, 9.17) is 0 Å². The van der Waals surface area contributed by atoms with Crippen LogP contribution in [0.2, 0.25) is 0 Å². The van der Waals surface area contributed by atoms with Crippen LogP contribution in [0, 0.1) is 5.92 Å². The largest absolute Gasteiger partial charge is 0.395 e. The van der Waals surface area contributed by atoms with Crippen molar-refractivity contribution in [3.05, 3.63) is 35.9 Å². The third kappa shape index (κ3) is 8.03. The number of nitrogens with zero attached hydrogens (tertiary/aromatic N) is 1. The molecule has 0 aromatic heterocycles. The molecule has 0 spiro atoms. The molecule has 140 valence electrons. The average Bonchev–Trinajstić information content (AvgIpc) is 2.61. The Bertz CT molecular complexity index is 520. The Morgan fingerprint density at radius 1 is 1.12 bits per heavy atom. The third-order valence-corrected chi connectivity index (χ3v) is 4.06. The topological polar surface area (TPSA) is 81.7 Å². The van der Waals surface area contributed by atoms with Gasteiger partial charge in [-0.3, -0.25) is 4.79 Å². The summed E-state index contributed by atoms with van der Waals surface area (Å²) in [5.74, 6) is 0.249. The van der Waals surface area contributed by atoms with Crippen LogP contribution in [0.4, 0.5) is 4.79 Å². The van der Waals surface area contributed by atoms with Gasteiger partial charge >= 0.3 is 6.03 Å². The Kier molecular flexibility index (Phi) is 9.62. The Morgan fingerprint density at radius 3 is 2.36 bits per heavy atom. The maximum absolute atomic E-state index is 12.5. The summed E-state index contributed by atoms with van der Waals surface area (Å²) in [5.41, 5.74) is 1.12. The monoisotopic (exact) mass is 349 g/mol. The molecule has 6 nitrogen and oxygen atoms in total. The smallest absolute Gasteiger partial charge is 0.318 e. The average molecular weight is 349 g/mol. The predicted octanol–water partition coefficient (Wildman–Crippen LogP) is 1.78. The van der Waals surface area contributed by atoms with Crippen molar-refractivity contribution >= 4 is 11.9 Å². The number of aryl methyl sites for hydroxylation is 1. The normalized spacial score (nSPS) is 11.9. The van der Waals surface area contributed by atoms with E-state index in [1.54, 1.807) is 11.9 Å². The van der Waals surface area contributed by atoms with E-state index in [1.807, 2.05) is 30.3 Å². The minimum Gasteiger partial charge on any atom is -0.395 e. The van der Waals surface area contributed by atoms with Crippen molar-refractivity contribution in [1.29, 1.82) is 0 Å². The zero-order valence-corrected chi connectivity index (χ0v) is 15.5. The lowest BCUT2D eigenvalue weighted by Crippen LogP contribution is -2.51. The second-order valence-electron chi connectivity index (χ2n) is 6.53. The number of nitrogens with one attached hydrogen (secondary N) is 2. The van der Waals surface area contributed by atoms with Crippen LogP contribution in [0.25, 0.3) is 0 Å². The number of hydrogen-bond donors (Lipinski definition) is 3. The zero-order valence-electron chi connectivity index (χ0n) is 15.5. The van der Waals surface area contributed by atoms with Crippen LogP contribution in [-0.2, 0) is 11.2 Å². The highest BCUT2D eigenvalue weighted by atomic mass is 16.3. The molecule has 1 aromatic carbocycles. The van der Waals surface area contributed by atoms with Crippen LogP contribution in [0.1, 0.15) is 32.3 Å². The molecule has 0 fully saturated rings. The summed E-state index contributed by atoms with van der Waals surface area (Å²) < 4.78 is 0. The van der Waals surface area contributed by atoms with E-state index < -0.39 is 6.04 Å². The summed E-state index contributed by atoms with van der Waals surface area (Å²) in [6.45, 7) is 4.89. The molecule has 0 radical (unpaired) electrons. The van der Waals surface area contributed by atoms with E-state index in [9.17, 15) is 14.7 Å². The fourth-order valence-electron chi connectivity index (χ4n) is 2.49. The molecule has 3 amide bonds. The highest BCUT2D eigenvalue weighted by Gasteiger charge is 2.22. The molecule has 1 unspecified atom stereocenters. The number of hydrogen-bond acceptors (Lipinski definition) is 3. The third-order valence-electron chi connectivity index (χ3n) is 4.06. The van der Waals surface area contributed by atoms with Gasteiger partial charge in [0.1, 0.15) is 6.04 Å². The van der Waals surface area contributed by atoms with E-state index in [0.717, 1.165) is 12.0 Å². The quantitative estimate of drug-likeness (QED) is 0.602. The molecule has 0 aliphatic carbocycles. The molecule has 0 heterocycles. The lowest BCUT2D eigenvalue weighted by Gasteiger charge is -2.26. The second-order valence-corrected chi connectivity index (χ2v) is 6.53. The van der Waals surface area contributed by atoms with Gasteiger partial charge < -0.3 is 20.6 Å². The summed E-state index contributed by atoms with van der Waals surface area (Å²) in [6, 6.07) is 8.96. The van der Waals surface area contributed by atoms with Crippen LogP contribution in [-0.4, -0.2) is 54.7 Å². The summed E-state index contributed by atoms with van der Waals surface area (Å²) in [4.78, 5) is 26.2. The minimum atomic E-state index is -0.599. The molecular formula is C19H31N3O3. The van der Waals surface area contributed by atoms with Gasteiger partial charge in [-0.05, 0) is 30.7 Å². The molecule has 0 aliphatic heterocycles. The number of amides is 3. The van der Waals surface area contributed by atoms with E-state index in [0.29, 0.717) is 25.3 Å². The van der Waals surface area contributed by atoms with Gasteiger partial charge in [-0.15, -0.1) is 0 Å². The van der Waals surface area contributed by atoms with Crippen molar-refractivity contribution < 1.29 is 14.7 Å². The zero-order chi connectivity index (χ0) is 18.7. The SMILES string of the molecule is CNC(=O)C(CCc1ccccc1)NC(=O)N(CCO)CCC(C)C. The molecule has 1 aromatic rings. The van der Waals surface area contributed by atoms with Crippen molar-refractivity contribution in [2.45, 2.75) is 39.2 Å². The number of aliphatic hydroxyl groups is 1. The lowest BCUT2D eigenvalue weighted by atomic mass is 10.0. The molecule has 1 rings (SSSR count). The highest BCUT2D eigenvalue weighted by Crippen LogP contribution is 2.07.